The third-order valence-corrected chi connectivity index (χ3v) is 6.52. The lowest BCUT2D eigenvalue weighted by molar-refractivity contribution is 0.0746. The summed E-state index contributed by atoms with van der Waals surface area (Å²) in [6.07, 6.45) is 0. The standard InChI is InChI=1S/C20H24ClN3O3S/c1-15(2)22-28(26,27)17-7-5-6-16(14-17)20(25)24-12-10-23(11-13-24)19-9-4-3-8-18(19)21/h3-9,14-15,22H,10-13H2,1-2H3. The van der Waals surface area contributed by atoms with Gasteiger partial charge in [-0.1, -0.05) is 29.8 Å². The van der Waals surface area contributed by atoms with Crippen LogP contribution in [0.15, 0.2) is 53.4 Å². The normalized spacial score (nSPS) is 15.1. The molecule has 2 aromatic rings. The second-order valence-corrected chi connectivity index (χ2v) is 9.16. The number of para-hydroxylation sites is 1. The number of sulfonamides is 1. The Hall–Kier alpha value is -2.09. The molecular weight excluding hydrogens is 398 g/mol. The van der Waals surface area contributed by atoms with E-state index in [-0.39, 0.29) is 16.8 Å². The number of hydrogen-bond acceptors (Lipinski definition) is 4. The topological polar surface area (TPSA) is 69.7 Å². The van der Waals surface area contributed by atoms with Crippen LogP contribution in [-0.2, 0) is 10.0 Å². The average Bonchev–Trinajstić information content (AvgIpc) is 2.67. The monoisotopic (exact) mass is 421 g/mol. The number of amides is 1. The largest absolute Gasteiger partial charge is 0.367 e. The minimum atomic E-state index is -3.64. The van der Waals surface area contributed by atoms with E-state index < -0.39 is 10.0 Å². The van der Waals surface area contributed by atoms with Crippen molar-refractivity contribution in [1.29, 1.82) is 0 Å². The van der Waals surface area contributed by atoms with Gasteiger partial charge in [0.2, 0.25) is 10.0 Å². The maximum atomic E-state index is 12.9. The minimum Gasteiger partial charge on any atom is -0.367 e. The summed E-state index contributed by atoms with van der Waals surface area (Å²) in [7, 11) is -3.64. The zero-order chi connectivity index (χ0) is 20.3. The van der Waals surface area contributed by atoms with E-state index in [9.17, 15) is 13.2 Å². The molecule has 0 unspecified atom stereocenters. The molecule has 0 spiro atoms. The van der Waals surface area contributed by atoms with E-state index in [1.54, 1.807) is 30.9 Å². The van der Waals surface area contributed by atoms with Crippen LogP contribution in [0.5, 0.6) is 0 Å². The van der Waals surface area contributed by atoms with E-state index >= 15 is 0 Å². The number of carbonyl (C=O) groups excluding carboxylic acids is 1. The Morgan fingerprint density at radius 2 is 1.71 bits per heavy atom. The molecule has 1 aliphatic rings. The Kier molecular flexibility index (Phi) is 6.27. The van der Waals surface area contributed by atoms with Crippen LogP contribution < -0.4 is 9.62 Å². The second kappa shape index (κ2) is 8.51. The van der Waals surface area contributed by atoms with E-state index in [1.807, 2.05) is 24.3 Å². The van der Waals surface area contributed by atoms with Gasteiger partial charge in [0.1, 0.15) is 0 Å². The van der Waals surface area contributed by atoms with Crippen LogP contribution >= 0.6 is 11.6 Å². The molecular formula is C20H24ClN3O3S. The van der Waals surface area contributed by atoms with Crippen molar-refractivity contribution in [2.24, 2.45) is 0 Å². The van der Waals surface area contributed by atoms with E-state index in [0.717, 1.165) is 5.69 Å². The minimum absolute atomic E-state index is 0.0988. The molecule has 8 heteroatoms. The van der Waals surface area contributed by atoms with Gasteiger partial charge in [-0.05, 0) is 44.2 Å². The maximum absolute atomic E-state index is 12.9. The van der Waals surface area contributed by atoms with Crippen LogP contribution in [0.2, 0.25) is 5.02 Å². The molecule has 150 valence electrons. The molecule has 1 saturated heterocycles. The molecule has 1 amide bonds. The van der Waals surface area contributed by atoms with E-state index in [0.29, 0.717) is 36.8 Å². The van der Waals surface area contributed by atoms with Crippen LogP contribution in [-0.4, -0.2) is 51.4 Å². The summed E-state index contributed by atoms with van der Waals surface area (Å²) >= 11 is 6.26. The highest BCUT2D eigenvalue weighted by atomic mass is 35.5. The Labute approximate surface area is 171 Å². The summed E-state index contributed by atoms with van der Waals surface area (Å²) < 4.78 is 27.3. The summed E-state index contributed by atoms with van der Waals surface area (Å²) in [6.45, 7) is 5.94. The third kappa shape index (κ3) is 4.66. The lowest BCUT2D eigenvalue weighted by Crippen LogP contribution is -2.48. The van der Waals surface area contributed by atoms with Gasteiger partial charge in [0.05, 0.1) is 15.6 Å². The van der Waals surface area contributed by atoms with Crippen molar-refractivity contribution >= 4 is 33.2 Å². The molecule has 6 nitrogen and oxygen atoms in total. The van der Waals surface area contributed by atoms with Gasteiger partial charge in [0.15, 0.2) is 0 Å². The first-order chi connectivity index (χ1) is 13.3. The fraction of sp³-hybridized carbons (Fsp3) is 0.350. The molecule has 1 aliphatic heterocycles. The SMILES string of the molecule is CC(C)NS(=O)(=O)c1cccc(C(=O)N2CCN(c3ccccc3Cl)CC2)c1. The second-order valence-electron chi connectivity index (χ2n) is 7.03. The van der Waals surface area contributed by atoms with Gasteiger partial charge < -0.3 is 9.80 Å². The predicted molar refractivity (Wildman–Crippen MR) is 111 cm³/mol. The number of anilines is 1. The van der Waals surface area contributed by atoms with Crippen molar-refractivity contribution in [2.45, 2.75) is 24.8 Å². The molecule has 1 N–H and O–H groups in total. The lowest BCUT2D eigenvalue weighted by Gasteiger charge is -2.36. The number of halogens is 1. The van der Waals surface area contributed by atoms with Crippen LogP contribution in [0.3, 0.4) is 0 Å². The number of carbonyl (C=O) groups is 1. The Morgan fingerprint density at radius 3 is 2.36 bits per heavy atom. The lowest BCUT2D eigenvalue weighted by atomic mass is 10.1. The molecule has 0 aromatic heterocycles. The van der Waals surface area contributed by atoms with Gasteiger partial charge in [0.25, 0.3) is 5.91 Å². The number of rotatable bonds is 5. The molecule has 0 radical (unpaired) electrons. The molecule has 28 heavy (non-hydrogen) atoms. The van der Waals surface area contributed by atoms with Crippen LogP contribution in [0.25, 0.3) is 0 Å². The Morgan fingerprint density at radius 1 is 1.04 bits per heavy atom. The molecule has 2 aromatic carbocycles. The Balaban J connectivity index is 1.71. The molecule has 0 bridgehead atoms. The van der Waals surface area contributed by atoms with Crippen molar-refractivity contribution in [3.05, 3.63) is 59.1 Å². The smallest absolute Gasteiger partial charge is 0.254 e. The summed E-state index contributed by atoms with van der Waals surface area (Å²) in [4.78, 5) is 16.9. The third-order valence-electron chi connectivity index (χ3n) is 4.54. The summed E-state index contributed by atoms with van der Waals surface area (Å²) in [5.41, 5.74) is 1.34. The highest BCUT2D eigenvalue weighted by molar-refractivity contribution is 7.89. The maximum Gasteiger partial charge on any atom is 0.254 e. The molecule has 0 saturated carbocycles. The van der Waals surface area contributed by atoms with Crippen LogP contribution in [0.4, 0.5) is 5.69 Å². The van der Waals surface area contributed by atoms with E-state index in [1.165, 1.54) is 12.1 Å². The van der Waals surface area contributed by atoms with Crippen molar-refractivity contribution < 1.29 is 13.2 Å². The average molecular weight is 422 g/mol. The summed E-state index contributed by atoms with van der Waals surface area (Å²) in [5.74, 6) is -0.166. The fourth-order valence-corrected chi connectivity index (χ4v) is 4.77. The zero-order valence-corrected chi connectivity index (χ0v) is 17.5. The number of piperazine rings is 1. The molecule has 0 aliphatic carbocycles. The highest BCUT2D eigenvalue weighted by Crippen LogP contribution is 2.26. The highest BCUT2D eigenvalue weighted by Gasteiger charge is 2.24. The van der Waals surface area contributed by atoms with Crippen LogP contribution in [0, 0.1) is 0 Å². The van der Waals surface area contributed by atoms with Crippen LogP contribution in [0.1, 0.15) is 24.2 Å². The predicted octanol–water partition coefficient (Wildman–Crippen LogP) is 2.99. The molecule has 1 heterocycles. The van der Waals surface area contributed by atoms with Gasteiger partial charge in [-0.3, -0.25) is 4.79 Å². The molecule has 0 atom stereocenters. The van der Waals surface area contributed by atoms with Crippen molar-refractivity contribution in [3.63, 3.8) is 0 Å². The number of benzene rings is 2. The summed E-state index contributed by atoms with van der Waals surface area (Å²) in [5, 5.41) is 0.692. The molecule has 1 fully saturated rings. The van der Waals surface area contributed by atoms with Crippen molar-refractivity contribution in [3.8, 4) is 0 Å². The van der Waals surface area contributed by atoms with E-state index in [4.69, 9.17) is 11.6 Å². The van der Waals surface area contributed by atoms with Gasteiger partial charge in [0, 0.05) is 37.8 Å². The quantitative estimate of drug-likeness (QED) is 0.805. The first-order valence-electron chi connectivity index (χ1n) is 9.19. The zero-order valence-electron chi connectivity index (χ0n) is 15.9. The van der Waals surface area contributed by atoms with E-state index in [2.05, 4.69) is 9.62 Å². The molecule has 3 rings (SSSR count). The number of nitrogens with zero attached hydrogens (tertiary/aromatic N) is 2. The first kappa shape index (κ1) is 20.6. The summed E-state index contributed by atoms with van der Waals surface area (Å²) in [6, 6.07) is 13.6. The van der Waals surface area contributed by atoms with Gasteiger partial charge >= 0.3 is 0 Å². The van der Waals surface area contributed by atoms with Crippen molar-refractivity contribution in [2.75, 3.05) is 31.1 Å². The Bertz CT molecular complexity index is 955. The van der Waals surface area contributed by atoms with Gasteiger partial charge in [-0.2, -0.15) is 0 Å². The fourth-order valence-electron chi connectivity index (χ4n) is 3.22. The number of hydrogen-bond donors (Lipinski definition) is 1. The number of nitrogens with one attached hydrogen (secondary N) is 1. The van der Waals surface area contributed by atoms with Gasteiger partial charge in [-0.15, -0.1) is 0 Å². The van der Waals surface area contributed by atoms with Crippen molar-refractivity contribution in [1.82, 2.24) is 9.62 Å². The first-order valence-corrected chi connectivity index (χ1v) is 11.1. The van der Waals surface area contributed by atoms with Gasteiger partial charge in [-0.25, -0.2) is 13.1 Å².